The Morgan fingerprint density at radius 3 is 2.05 bits per heavy atom. The van der Waals surface area contributed by atoms with Crippen LogP contribution >= 0.6 is 11.6 Å². The van der Waals surface area contributed by atoms with E-state index >= 15 is 0 Å². The second-order valence-corrected chi connectivity index (χ2v) is 5.82. The van der Waals surface area contributed by atoms with Gasteiger partial charge in [-0.2, -0.15) is 5.10 Å². The normalized spacial score (nSPS) is 12.6. The van der Waals surface area contributed by atoms with Crippen molar-refractivity contribution in [3.63, 3.8) is 0 Å². The van der Waals surface area contributed by atoms with Crippen LogP contribution in [0, 0.1) is 13.8 Å². The molecule has 1 aromatic heterocycles. The van der Waals surface area contributed by atoms with Crippen molar-refractivity contribution >= 4 is 11.6 Å². The zero-order chi connectivity index (χ0) is 15.2. The zero-order valence-electron chi connectivity index (χ0n) is 13.8. The molecule has 0 saturated carbocycles. The number of hydrogen-bond donors (Lipinski definition) is 0. The Morgan fingerprint density at radius 1 is 1.21 bits per heavy atom. The molecule has 4 heteroatoms. The van der Waals surface area contributed by atoms with Crippen molar-refractivity contribution in [3.05, 3.63) is 17.0 Å². The maximum atomic E-state index is 6.11. The van der Waals surface area contributed by atoms with Crippen molar-refractivity contribution < 1.29 is 0 Å². The summed E-state index contributed by atoms with van der Waals surface area (Å²) >= 11 is 6.11. The lowest BCUT2D eigenvalue weighted by Gasteiger charge is -2.27. The quantitative estimate of drug-likeness (QED) is 0.766. The summed E-state index contributed by atoms with van der Waals surface area (Å²) in [7, 11) is 2.00. The number of halogens is 1. The van der Waals surface area contributed by atoms with Crippen molar-refractivity contribution in [2.75, 3.05) is 6.54 Å². The lowest BCUT2D eigenvalue weighted by Crippen LogP contribution is -2.34. The molecular weight excluding hydrogens is 258 g/mol. The van der Waals surface area contributed by atoms with Crippen LogP contribution in [-0.2, 0) is 13.6 Å². The molecular formula is C15H30ClN3. The van der Waals surface area contributed by atoms with Gasteiger partial charge in [0.15, 0.2) is 0 Å². The molecule has 0 aromatic carbocycles. The Hall–Kier alpha value is -0.540. The van der Waals surface area contributed by atoms with Crippen molar-refractivity contribution in [2.24, 2.45) is 7.05 Å². The molecule has 0 N–H and O–H groups in total. The Balaban J connectivity index is 0.00000154. The first kappa shape index (κ1) is 18.5. The standard InChI is InChI=1S/C13H24ClN3.C2H6/c1-9(2)17(7-10(3)14)8-13-11(4)15-16(6)12(13)5;1-2/h9-10H,7-8H2,1-6H3;1-2H3/t10-;/m0./s1. The minimum atomic E-state index is 0.176. The summed E-state index contributed by atoms with van der Waals surface area (Å²) < 4.78 is 1.95. The Bertz CT molecular complexity index is 370. The summed E-state index contributed by atoms with van der Waals surface area (Å²) in [5.41, 5.74) is 3.70. The summed E-state index contributed by atoms with van der Waals surface area (Å²) in [6.07, 6.45) is 0. The first-order chi connectivity index (χ1) is 8.82. The molecule has 0 fully saturated rings. The number of alkyl halides is 1. The summed E-state index contributed by atoms with van der Waals surface area (Å²) in [5.74, 6) is 0. The fraction of sp³-hybridized carbons (Fsp3) is 0.800. The number of aryl methyl sites for hydroxylation is 2. The predicted octanol–water partition coefficient (Wildman–Crippen LogP) is 3.90. The number of rotatable bonds is 5. The lowest BCUT2D eigenvalue weighted by molar-refractivity contribution is 0.214. The van der Waals surface area contributed by atoms with Crippen LogP contribution in [0.15, 0.2) is 0 Å². The highest BCUT2D eigenvalue weighted by atomic mass is 35.5. The van der Waals surface area contributed by atoms with Gasteiger partial charge in [-0.3, -0.25) is 9.58 Å². The van der Waals surface area contributed by atoms with Gasteiger partial charge in [-0.1, -0.05) is 13.8 Å². The van der Waals surface area contributed by atoms with E-state index in [-0.39, 0.29) is 5.38 Å². The second kappa shape index (κ2) is 8.60. The van der Waals surface area contributed by atoms with Gasteiger partial charge < -0.3 is 0 Å². The molecule has 0 bridgehead atoms. The average molecular weight is 288 g/mol. The van der Waals surface area contributed by atoms with E-state index in [1.807, 2.05) is 32.5 Å². The van der Waals surface area contributed by atoms with Gasteiger partial charge in [0.1, 0.15) is 0 Å². The third-order valence-corrected chi connectivity index (χ3v) is 3.37. The minimum absolute atomic E-state index is 0.176. The Labute approximate surface area is 123 Å². The van der Waals surface area contributed by atoms with Crippen LogP contribution in [0.25, 0.3) is 0 Å². The van der Waals surface area contributed by atoms with E-state index in [0.29, 0.717) is 6.04 Å². The molecule has 1 atom stereocenters. The van der Waals surface area contributed by atoms with Gasteiger partial charge in [0.05, 0.1) is 5.69 Å². The molecule has 112 valence electrons. The minimum Gasteiger partial charge on any atom is -0.295 e. The van der Waals surface area contributed by atoms with Crippen molar-refractivity contribution in [2.45, 2.75) is 66.4 Å². The van der Waals surface area contributed by atoms with Gasteiger partial charge in [0.25, 0.3) is 0 Å². The lowest BCUT2D eigenvalue weighted by atomic mass is 10.1. The van der Waals surface area contributed by atoms with Crippen LogP contribution in [0.2, 0.25) is 0 Å². The van der Waals surface area contributed by atoms with Crippen molar-refractivity contribution in [1.82, 2.24) is 14.7 Å². The molecule has 0 aliphatic carbocycles. The SMILES string of the molecule is CC.Cc1nn(C)c(C)c1CN(C[C@H](C)Cl)C(C)C. The van der Waals surface area contributed by atoms with E-state index in [9.17, 15) is 0 Å². The van der Waals surface area contributed by atoms with Gasteiger partial charge in [-0.15, -0.1) is 11.6 Å². The Morgan fingerprint density at radius 2 is 1.74 bits per heavy atom. The molecule has 3 nitrogen and oxygen atoms in total. The molecule has 0 aliphatic rings. The Kier molecular flexibility index (Phi) is 8.35. The molecule has 19 heavy (non-hydrogen) atoms. The largest absolute Gasteiger partial charge is 0.295 e. The van der Waals surface area contributed by atoms with Gasteiger partial charge in [0, 0.05) is 42.8 Å². The highest BCUT2D eigenvalue weighted by Gasteiger charge is 2.17. The predicted molar refractivity (Wildman–Crippen MR) is 84.9 cm³/mol. The molecule has 0 saturated heterocycles. The fourth-order valence-corrected chi connectivity index (χ4v) is 2.21. The molecule has 0 amide bonds. The average Bonchev–Trinajstić information content (AvgIpc) is 2.56. The van der Waals surface area contributed by atoms with E-state index in [4.69, 9.17) is 11.6 Å². The smallest absolute Gasteiger partial charge is 0.0641 e. The maximum absolute atomic E-state index is 6.11. The summed E-state index contributed by atoms with van der Waals surface area (Å²) in [6, 6.07) is 0.496. The second-order valence-electron chi connectivity index (χ2n) is 5.08. The van der Waals surface area contributed by atoms with E-state index in [1.165, 1.54) is 11.3 Å². The van der Waals surface area contributed by atoms with E-state index in [2.05, 4.69) is 37.7 Å². The topological polar surface area (TPSA) is 21.1 Å². The fourth-order valence-electron chi connectivity index (χ4n) is 2.03. The van der Waals surface area contributed by atoms with Gasteiger partial charge in [-0.05, 0) is 34.6 Å². The summed E-state index contributed by atoms with van der Waals surface area (Å²) in [4.78, 5) is 2.40. The first-order valence-electron chi connectivity index (χ1n) is 7.20. The van der Waals surface area contributed by atoms with Crippen LogP contribution in [-0.4, -0.2) is 32.6 Å². The third kappa shape index (κ3) is 5.53. The number of nitrogens with zero attached hydrogens (tertiary/aromatic N) is 3. The molecule has 1 heterocycles. The molecule has 1 rings (SSSR count). The monoisotopic (exact) mass is 287 g/mol. The first-order valence-corrected chi connectivity index (χ1v) is 7.63. The van der Waals surface area contributed by atoms with Gasteiger partial charge >= 0.3 is 0 Å². The van der Waals surface area contributed by atoms with E-state index in [0.717, 1.165) is 18.8 Å². The zero-order valence-corrected chi connectivity index (χ0v) is 14.5. The number of aromatic nitrogens is 2. The highest BCUT2D eigenvalue weighted by molar-refractivity contribution is 6.20. The number of hydrogen-bond acceptors (Lipinski definition) is 2. The van der Waals surface area contributed by atoms with Crippen LogP contribution in [0.4, 0.5) is 0 Å². The van der Waals surface area contributed by atoms with Crippen LogP contribution in [0.1, 0.15) is 51.6 Å². The van der Waals surface area contributed by atoms with Crippen molar-refractivity contribution in [1.29, 1.82) is 0 Å². The molecule has 0 radical (unpaired) electrons. The van der Waals surface area contributed by atoms with Crippen LogP contribution in [0.5, 0.6) is 0 Å². The maximum Gasteiger partial charge on any atom is 0.0641 e. The summed E-state index contributed by atoms with van der Waals surface area (Å²) in [5, 5.41) is 4.63. The third-order valence-electron chi connectivity index (χ3n) is 3.24. The highest BCUT2D eigenvalue weighted by Crippen LogP contribution is 2.17. The van der Waals surface area contributed by atoms with Crippen LogP contribution in [0.3, 0.4) is 0 Å². The van der Waals surface area contributed by atoms with E-state index in [1.54, 1.807) is 0 Å². The van der Waals surface area contributed by atoms with Gasteiger partial charge in [-0.25, -0.2) is 0 Å². The summed E-state index contributed by atoms with van der Waals surface area (Å²) in [6.45, 7) is 16.5. The molecule has 0 unspecified atom stereocenters. The molecule has 1 aromatic rings. The molecule has 0 aliphatic heterocycles. The van der Waals surface area contributed by atoms with E-state index < -0.39 is 0 Å². The van der Waals surface area contributed by atoms with Crippen molar-refractivity contribution in [3.8, 4) is 0 Å². The molecule has 0 spiro atoms. The van der Waals surface area contributed by atoms with Gasteiger partial charge in [0.2, 0.25) is 0 Å². The van der Waals surface area contributed by atoms with Crippen LogP contribution < -0.4 is 0 Å².